The number of hydrogen-bond donors (Lipinski definition) is 2. The molecule has 1 amide bonds. The third-order valence-electron chi connectivity index (χ3n) is 3.51. The summed E-state index contributed by atoms with van der Waals surface area (Å²) in [5.74, 6) is -0.269. The van der Waals surface area contributed by atoms with Crippen molar-refractivity contribution in [2.45, 2.75) is 6.92 Å². The molecule has 27 heavy (non-hydrogen) atoms. The first kappa shape index (κ1) is 18.3. The molecule has 0 radical (unpaired) electrons. The largest absolute Gasteiger partial charge is 0.340 e. The number of nitriles is 1. The second kappa shape index (κ2) is 7.81. The molecule has 134 valence electrons. The zero-order chi connectivity index (χ0) is 19.4. The number of benzene rings is 2. The van der Waals surface area contributed by atoms with Crippen molar-refractivity contribution in [3.8, 4) is 6.07 Å². The van der Waals surface area contributed by atoms with Crippen molar-refractivity contribution >= 4 is 34.7 Å². The fourth-order valence-corrected chi connectivity index (χ4v) is 2.51. The number of hydrogen-bond acceptors (Lipinski definition) is 5. The van der Waals surface area contributed by atoms with Crippen LogP contribution in [0.5, 0.6) is 0 Å². The maximum atomic E-state index is 13.2. The van der Waals surface area contributed by atoms with E-state index in [0.29, 0.717) is 28.6 Å². The minimum absolute atomic E-state index is 0.0913. The van der Waals surface area contributed by atoms with Gasteiger partial charge in [-0.05, 0) is 43.3 Å². The number of carbonyl (C=O) groups excluding carboxylic acids is 1. The standard InChI is InChI=1S/C19H13ClFN5O/c1-11-23-17(19(27)26-14-5-6-16(21)15(20)8-14)9-18(24-11)25-13-4-2-3-12(7-13)10-22/h2-9H,1H3,(H,26,27)(H,23,24,25). The van der Waals surface area contributed by atoms with Crippen molar-refractivity contribution < 1.29 is 9.18 Å². The highest BCUT2D eigenvalue weighted by atomic mass is 35.5. The van der Waals surface area contributed by atoms with Crippen LogP contribution < -0.4 is 10.6 Å². The first-order valence-corrected chi connectivity index (χ1v) is 8.21. The molecule has 0 spiro atoms. The van der Waals surface area contributed by atoms with Crippen LogP contribution in [0, 0.1) is 24.1 Å². The molecule has 0 fully saturated rings. The van der Waals surface area contributed by atoms with Crippen LogP contribution in [-0.2, 0) is 0 Å². The lowest BCUT2D eigenvalue weighted by Crippen LogP contribution is -2.15. The fourth-order valence-electron chi connectivity index (χ4n) is 2.33. The van der Waals surface area contributed by atoms with Crippen molar-refractivity contribution in [1.82, 2.24) is 9.97 Å². The van der Waals surface area contributed by atoms with E-state index in [1.54, 1.807) is 31.2 Å². The highest BCUT2D eigenvalue weighted by Gasteiger charge is 2.12. The zero-order valence-corrected chi connectivity index (χ0v) is 14.9. The Morgan fingerprint density at radius 3 is 2.70 bits per heavy atom. The van der Waals surface area contributed by atoms with E-state index >= 15 is 0 Å². The van der Waals surface area contributed by atoms with Gasteiger partial charge in [-0.25, -0.2) is 14.4 Å². The predicted molar refractivity (Wildman–Crippen MR) is 101 cm³/mol. The summed E-state index contributed by atoms with van der Waals surface area (Å²) in [6, 6.07) is 14.3. The molecule has 0 atom stereocenters. The summed E-state index contributed by atoms with van der Waals surface area (Å²) in [6.45, 7) is 1.66. The molecule has 0 saturated heterocycles. The van der Waals surface area contributed by atoms with Crippen molar-refractivity contribution in [3.63, 3.8) is 0 Å². The van der Waals surface area contributed by atoms with Crippen LogP contribution in [0.1, 0.15) is 21.9 Å². The van der Waals surface area contributed by atoms with E-state index in [9.17, 15) is 9.18 Å². The molecule has 0 unspecified atom stereocenters. The number of halogens is 2. The van der Waals surface area contributed by atoms with E-state index in [2.05, 4.69) is 26.7 Å². The van der Waals surface area contributed by atoms with Gasteiger partial charge in [-0.2, -0.15) is 5.26 Å². The summed E-state index contributed by atoms with van der Waals surface area (Å²) in [5, 5.41) is 14.5. The second-order valence-electron chi connectivity index (χ2n) is 5.59. The topological polar surface area (TPSA) is 90.7 Å². The van der Waals surface area contributed by atoms with Gasteiger partial charge in [0.1, 0.15) is 23.2 Å². The summed E-state index contributed by atoms with van der Waals surface area (Å²) in [4.78, 5) is 20.8. The number of rotatable bonds is 4. The van der Waals surface area contributed by atoms with Gasteiger partial charge in [-0.1, -0.05) is 17.7 Å². The van der Waals surface area contributed by atoms with Crippen molar-refractivity contribution in [1.29, 1.82) is 5.26 Å². The number of anilines is 3. The van der Waals surface area contributed by atoms with Gasteiger partial charge in [0.05, 0.1) is 16.7 Å². The van der Waals surface area contributed by atoms with Crippen molar-refractivity contribution in [2.75, 3.05) is 10.6 Å². The van der Waals surface area contributed by atoms with Crippen LogP contribution >= 0.6 is 11.6 Å². The SMILES string of the molecule is Cc1nc(Nc2cccc(C#N)c2)cc(C(=O)Nc2ccc(F)c(Cl)c2)n1. The molecule has 3 rings (SSSR count). The number of aryl methyl sites for hydroxylation is 1. The lowest BCUT2D eigenvalue weighted by molar-refractivity contribution is 0.102. The van der Waals surface area contributed by atoms with Gasteiger partial charge in [0.25, 0.3) is 5.91 Å². The van der Waals surface area contributed by atoms with Crippen LogP contribution in [0.2, 0.25) is 5.02 Å². The molecule has 3 aromatic rings. The Hall–Kier alpha value is -3.50. The lowest BCUT2D eigenvalue weighted by atomic mass is 10.2. The monoisotopic (exact) mass is 381 g/mol. The van der Waals surface area contributed by atoms with E-state index in [1.165, 1.54) is 24.3 Å². The summed E-state index contributed by atoms with van der Waals surface area (Å²) in [7, 11) is 0. The van der Waals surface area contributed by atoms with E-state index in [4.69, 9.17) is 16.9 Å². The Labute approximate surface area is 159 Å². The maximum absolute atomic E-state index is 13.2. The molecular formula is C19H13ClFN5O. The van der Waals surface area contributed by atoms with Crippen molar-refractivity contribution in [3.05, 3.63) is 76.5 Å². The Morgan fingerprint density at radius 2 is 1.96 bits per heavy atom. The molecule has 8 heteroatoms. The maximum Gasteiger partial charge on any atom is 0.274 e. The number of nitrogens with zero attached hydrogens (tertiary/aromatic N) is 3. The highest BCUT2D eigenvalue weighted by molar-refractivity contribution is 6.31. The molecule has 0 saturated carbocycles. The second-order valence-corrected chi connectivity index (χ2v) is 5.99. The summed E-state index contributed by atoms with van der Waals surface area (Å²) < 4.78 is 13.2. The fraction of sp³-hybridized carbons (Fsp3) is 0.0526. The van der Waals surface area contributed by atoms with Gasteiger partial charge in [-0.3, -0.25) is 4.79 Å². The molecule has 0 aliphatic rings. The predicted octanol–water partition coefficient (Wildman–Crippen LogP) is 4.45. The highest BCUT2D eigenvalue weighted by Crippen LogP contribution is 2.21. The van der Waals surface area contributed by atoms with Crippen LogP contribution in [0.3, 0.4) is 0 Å². The number of carbonyl (C=O) groups is 1. The number of aromatic nitrogens is 2. The van der Waals surface area contributed by atoms with E-state index in [-0.39, 0.29) is 10.7 Å². The Kier molecular flexibility index (Phi) is 5.29. The van der Waals surface area contributed by atoms with Crippen LogP contribution in [0.4, 0.5) is 21.6 Å². The molecule has 0 bridgehead atoms. The number of nitrogens with one attached hydrogen (secondary N) is 2. The summed E-state index contributed by atoms with van der Waals surface area (Å²) in [5.41, 5.74) is 1.63. The minimum Gasteiger partial charge on any atom is -0.340 e. The van der Waals surface area contributed by atoms with Crippen LogP contribution in [-0.4, -0.2) is 15.9 Å². The van der Waals surface area contributed by atoms with Gasteiger partial charge in [0.15, 0.2) is 0 Å². The zero-order valence-electron chi connectivity index (χ0n) is 14.1. The van der Waals surface area contributed by atoms with Gasteiger partial charge >= 0.3 is 0 Å². The minimum atomic E-state index is -0.571. The van der Waals surface area contributed by atoms with Gasteiger partial charge < -0.3 is 10.6 Å². The molecule has 2 N–H and O–H groups in total. The Morgan fingerprint density at radius 1 is 1.15 bits per heavy atom. The Balaban J connectivity index is 1.82. The van der Waals surface area contributed by atoms with Gasteiger partial charge in [0.2, 0.25) is 0 Å². The quantitative estimate of drug-likeness (QED) is 0.697. The van der Waals surface area contributed by atoms with E-state index in [0.717, 1.165) is 0 Å². The van der Waals surface area contributed by atoms with Crippen LogP contribution in [0.15, 0.2) is 48.5 Å². The average molecular weight is 382 g/mol. The molecule has 1 aromatic heterocycles. The normalized spacial score (nSPS) is 10.1. The third-order valence-corrected chi connectivity index (χ3v) is 3.80. The molecule has 0 aliphatic carbocycles. The van der Waals surface area contributed by atoms with Gasteiger partial charge in [0, 0.05) is 17.4 Å². The van der Waals surface area contributed by atoms with E-state index in [1.807, 2.05) is 0 Å². The first-order chi connectivity index (χ1) is 12.9. The summed E-state index contributed by atoms with van der Waals surface area (Å²) in [6.07, 6.45) is 0. The molecule has 2 aromatic carbocycles. The van der Waals surface area contributed by atoms with E-state index < -0.39 is 11.7 Å². The number of amides is 1. The average Bonchev–Trinajstić information content (AvgIpc) is 2.64. The Bertz CT molecular complexity index is 1060. The summed E-state index contributed by atoms with van der Waals surface area (Å²) >= 11 is 5.72. The molecular weight excluding hydrogens is 369 g/mol. The molecule has 6 nitrogen and oxygen atoms in total. The van der Waals surface area contributed by atoms with Gasteiger partial charge in [-0.15, -0.1) is 0 Å². The van der Waals surface area contributed by atoms with Crippen LogP contribution in [0.25, 0.3) is 0 Å². The lowest BCUT2D eigenvalue weighted by Gasteiger charge is -2.10. The molecule has 0 aliphatic heterocycles. The van der Waals surface area contributed by atoms with Crippen molar-refractivity contribution in [2.24, 2.45) is 0 Å². The third kappa shape index (κ3) is 4.57. The smallest absolute Gasteiger partial charge is 0.274 e. The first-order valence-electron chi connectivity index (χ1n) is 7.84. The molecule has 1 heterocycles.